The molecular weight excluding hydrogens is 1170 g/mol. The average Bonchev–Trinajstić information content (AvgIpc) is 4.37. The zero-order chi connectivity index (χ0) is 57.9. The number of methoxy groups -OCH3 is 1. The molecule has 0 radical (unpaired) electrons. The lowest BCUT2D eigenvalue weighted by molar-refractivity contribution is -0.151. The number of Topliss-reactive ketones (excluding diaryl/α,β-unsaturated/α-hetero) is 1. The van der Waals surface area contributed by atoms with Gasteiger partial charge >= 0.3 is 5.97 Å². The van der Waals surface area contributed by atoms with Crippen LogP contribution in [0.25, 0.3) is 49.1 Å². The van der Waals surface area contributed by atoms with Gasteiger partial charge in [0.05, 0.1) is 58.7 Å². The smallest absolute Gasteiger partial charge is 0.307 e. The van der Waals surface area contributed by atoms with E-state index in [1.165, 1.54) is 75.1 Å². The van der Waals surface area contributed by atoms with E-state index in [0.29, 0.717) is 93.1 Å². The maximum Gasteiger partial charge on any atom is 0.307 e. The van der Waals surface area contributed by atoms with Crippen LogP contribution in [0.5, 0.6) is 0 Å². The fourth-order valence-electron chi connectivity index (χ4n) is 9.31. The van der Waals surface area contributed by atoms with Crippen molar-refractivity contribution in [1.82, 2.24) is 56.2 Å². The standard InChI is InChI=1S/C55H54N12O9S6/c1-24(2)31-16-37(68)43-26(4)81-53(67-43)33(17-40(69)56-5)59-48(73)35-21-77-49(61-35)30-14-15-32(51-64-39(23-80-51)63-47(72)28-12-13-29(28)55(74)75)58-44(30)34-20-78-52(60-34)36-22-79-54(62-36)45(46(71)27-10-8-7-9-11-27)65-41(70)18-57-25(3)42-38(19-76-6)82-50(31)66-42/h7-11,14-15,20-24,28-29,31,33,45-46,57,71H,3,12-13,16-19H2,1-2,4-6H3,(H,56,69)(H,59,73)(H,63,72)(H,65,70)(H,74,75)/t28?,29-,31-,33+,45+,46+/m1/s1. The molecule has 10 rings (SSSR count). The summed E-state index contributed by atoms with van der Waals surface area (Å²) in [5.41, 5.74) is 3.82. The molecule has 7 aromatic heterocycles. The fourth-order valence-corrected chi connectivity index (χ4v) is 14.9. The number of carboxylic acid groups (broad SMARTS) is 1. The molecule has 0 spiro atoms. The van der Waals surface area contributed by atoms with Crippen LogP contribution in [0.3, 0.4) is 0 Å². The van der Waals surface area contributed by atoms with Crippen molar-refractivity contribution in [2.24, 2.45) is 17.8 Å². The van der Waals surface area contributed by atoms with Gasteiger partial charge in [-0.15, -0.1) is 68.0 Å². The van der Waals surface area contributed by atoms with Gasteiger partial charge in [0.1, 0.15) is 77.2 Å². The minimum atomic E-state index is -1.21. The van der Waals surface area contributed by atoms with Gasteiger partial charge in [0.25, 0.3) is 5.91 Å². The maximum atomic E-state index is 14.4. The number of amides is 4. The number of hydrogen-bond donors (Lipinski definition) is 7. The van der Waals surface area contributed by atoms with Gasteiger partial charge in [-0.2, -0.15) is 0 Å². The summed E-state index contributed by atoms with van der Waals surface area (Å²) in [6.45, 7) is 9.97. The predicted molar refractivity (Wildman–Crippen MR) is 316 cm³/mol. The van der Waals surface area contributed by atoms with Crippen molar-refractivity contribution in [2.75, 3.05) is 26.0 Å². The summed E-state index contributed by atoms with van der Waals surface area (Å²) in [5, 5.41) is 45.6. The summed E-state index contributed by atoms with van der Waals surface area (Å²) in [6.07, 6.45) is -0.467. The number of ketones is 1. The van der Waals surface area contributed by atoms with Crippen molar-refractivity contribution in [3.8, 4) is 43.4 Å². The number of anilines is 1. The number of thiazole rings is 6. The van der Waals surface area contributed by atoms with E-state index in [1.807, 2.05) is 19.9 Å². The number of carbonyl (C=O) groups is 6. The lowest BCUT2D eigenvalue weighted by Gasteiger charge is -2.31. The van der Waals surface area contributed by atoms with Crippen LogP contribution in [-0.4, -0.2) is 101 Å². The van der Waals surface area contributed by atoms with E-state index in [0.717, 1.165) is 4.88 Å². The monoisotopic (exact) mass is 1220 g/mol. The van der Waals surface area contributed by atoms with Crippen LogP contribution in [0.2, 0.25) is 0 Å². The number of aliphatic carboxylic acids is 1. The second-order valence-corrected chi connectivity index (χ2v) is 25.5. The van der Waals surface area contributed by atoms with Crippen LogP contribution in [-0.2, 0) is 30.5 Å². The molecule has 1 aliphatic carbocycles. The Kier molecular flexibility index (Phi) is 17.6. The molecule has 424 valence electrons. The molecule has 21 nitrogen and oxygen atoms in total. The van der Waals surface area contributed by atoms with Crippen LogP contribution in [0.1, 0.15) is 121 Å². The average molecular weight is 1220 g/mol. The van der Waals surface area contributed by atoms with Gasteiger partial charge in [0.15, 0.2) is 5.78 Å². The van der Waals surface area contributed by atoms with Gasteiger partial charge in [0.2, 0.25) is 17.7 Å². The van der Waals surface area contributed by atoms with Crippen molar-refractivity contribution in [3.05, 3.63) is 118 Å². The highest BCUT2D eigenvalue weighted by Gasteiger charge is 2.42. The van der Waals surface area contributed by atoms with Crippen LogP contribution in [0.15, 0.2) is 70.6 Å². The van der Waals surface area contributed by atoms with Gasteiger partial charge in [0, 0.05) is 58.5 Å². The largest absolute Gasteiger partial charge is 0.481 e. The van der Waals surface area contributed by atoms with E-state index in [-0.39, 0.29) is 66.7 Å². The summed E-state index contributed by atoms with van der Waals surface area (Å²) in [7, 11) is 3.05. The number of aromatic nitrogens is 7. The topological polar surface area (TPSA) is 302 Å². The minimum Gasteiger partial charge on any atom is -0.481 e. The first-order valence-electron chi connectivity index (χ1n) is 25.8. The van der Waals surface area contributed by atoms with E-state index in [4.69, 9.17) is 34.6 Å². The molecule has 10 bridgehead atoms. The molecule has 1 saturated carbocycles. The Balaban J connectivity index is 1.04. The van der Waals surface area contributed by atoms with Gasteiger partial charge < -0.3 is 41.5 Å². The molecule has 0 saturated heterocycles. The molecule has 1 fully saturated rings. The van der Waals surface area contributed by atoms with Crippen molar-refractivity contribution >= 4 is 115 Å². The second kappa shape index (κ2) is 25.0. The quantitative estimate of drug-likeness (QED) is 0.0635. The summed E-state index contributed by atoms with van der Waals surface area (Å²) >= 11 is 7.53. The Hall–Kier alpha value is -7.37. The molecule has 27 heteroatoms. The van der Waals surface area contributed by atoms with Crippen molar-refractivity contribution in [1.29, 1.82) is 0 Å². The third-order valence-corrected chi connectivity index (χ3v) is 19.7. The van der Waals surface area contributed by atoms with Crippen molar-refractivity contribution in [3.63, 3.8) is 0 Å². The summed E-state index contributed by atoms with van der Waals surface area (Å²) < 4.78 is 5.57. The number of aliphatic hydroxyl groups excluding tert-OH is 1. The molecule has 2 aliphatic rings. The SMILES string of the molecule is C=C1NCC(=O)N[C@@H]([C@@H](O)c2ccccc2)c2nc(cs2)-c2nc(cs2)-c2nc(-c3nc(NC(=O)C4CC[C@H]4C(=O)O)cs3)ccc2-c2nc(cs2)C(=O)N[C@@H](CC(=O)NC)c2nc(c(C)s2)C(=O)C[C@H](C(C)C)c2nc1c(COC)s2. The van der Waals surface area contributed by atoms with Gasteiger partial charge in [-0.1, -0.05) is 50.8 Å². The van der Waals surface area contributed by atoms with E-state index in [1.54, 1.807) is 72.0 Å². The number of rotatable bonds is 11. The van der Waals surface area contributed by atoms with E-state index in [2.05, 4.69) is 38.1 Å². The first-order valence-corrected chi connectivity index (χ1v) is 31.0. The molecule has 8 aromatic rings. The Morgan fingerprint density at radius 1 is 0.768 bits per heavy atom. The van der Waals surface area contributed by atoms with Crippen LogP contribution < -0.4 is 26.6 Å². The number of hydrogen-bond acceptors (Lipinski definition) is 22. The number of nitrogens with zero attached hydrogens (tertiary/aromatic N) is 7. The predicted octanol–water partition coefficient (Wildman–Crippen LogP) is 9.08. The van der Waals surface area contributed by atoms with Crippen molar-refractivity contribution < 1.29 is 43.7 Å². The third kappa shape index (κ3) is 12.5. The van der Waals surface area contributed by atoms with Crippen molar-refractivity contribution in [2.45, 2.75) is 77.2 Å². The lowest BCUT2D eigenvalue weighted by Crippen LogP contribution is -2.41. The second-order valence-electron chi connectivity index (χ2n) is 19.7. The summed E-state index contributed by atoms with van der Waals surface area (Å²) in [4.78, 5) is 116. The molecule has 1 unspecified atom stereocenters. The number of aryl methyl sites for hydroxylation is 1. The van der Waals surface area contributed by atoms with Crippen LogP contribution in [0.4, 0.5) is 5.82 Å². The highest BCUT2D eigenvalue weighted by Crippen LogP contribution is 2.42. The number of nitrogens with one attached hydrogen (secondary N) is 5. The number of aliphatic hydroxyl groups is 1. The molecule has 82 heavy (non-hydrogen) atoms. The molecule has 1 aromatic carbocycles. The Morgan fingerprint density at radius 2 is 1.48 bits per heavy atom. The number of fused-ring (bicyclic) bond motifs is 14. The lowest BCUT2D eigenvalue weighted by atomic mass is 9.73. The Bertz CT molecular complexity index is 3730. The van der Waals surface area contributed by atoms with Crippen LogP contribution >= 0.6 is 68.0 Å². The number of carbonyl (C=O) groups excluding carboxylic acids is 5. The van der Waals surface area contributed by atoms with Gasteiger partial charge in [-0.25, -0.2) is 34.9 Å². The Labute approximate surface area is 493 Å². The minimum absolute atomic E-state index is 0.0426. The maximum absolute atomic E-state index is 14.4. The Morgan fingerprint density at radius 3 is 2.21 bits per heavy atom. The molecule has 7 N–H and O–H groups in total. The van der Waals surface area contributed by atoms with E-state index >= 15 is 0 Å². The summed E-state index contributed by atoms with van der Waals surface area (Å²) in [6, 6.07) is 10.5. The fraction of sp³-hybridized carbons (Fsp3) is 0.327. The zero-order valence-corrected chi connectivity index (χ0v) is 49.6. The molecule has 1 aliphatic heterocycles. The van der Waals surface area contributed by atoms with Crippen LogP contribution in [0, 0.1) is 24.7 Å². The third-order valence-electron chi connectivity index (χ3n) is 13.9. The summed E-state index contributed by atoms with van der Waals surface area (Å²) in [5.74, 6) is -4.71. The highest BCUT2D eigenvalue weighted by molar-refractivity contribution is 7.15. The van der Waals surface area contributed by atoms with Gasteiger partial charge in [-0.3, -0.25) is 28.8 Å². The molecule has 8 heterocycles. The van der Waals surface area contributed by atoms with E-state index in [9.17, 15) is 39.0 Å². The number of pyridine rings is 1. The number of ether oxygens (including phenoxy) is 1. The first-order chi connectivity index (χ1) is 39.5. The normalized spacial score (nSPS) is 19.1. The molecular formula is C55H54N12O9S6. The molecule has 4 amide bonds. The zero-order valence-electron chi connectivity index (χ0n) is 44.7. The van der Waals surface area contributed by atoms with E-state index < -0.39 is 53.7 Å². The van der Waals surface area contributed by atoms with Gasteiger partial charge in [-0.05, 0) is 43.4 Å². The number of benzene rings is 1. The first kappa shape index (κ1) is 57.8. The highest BCUT2D eigenvalue weighted by atomic mass is 32.1. The molecule has 6 atom stereocenters. The number of carboxylic acids is 1.